The molecule has 0 amide bonds. The summed E-state index contributed by atoms with van der Waals surface area (Å²) in [6.45, 7) is 4.08. The topological polar surface area (TPSA) is 48.7 Å². The van der Waals surface area contributed by atoms with Gasteiger partial charge in [-0.25, -0.2) is 0 Å². The van der Waals surface area contributed by atoms with E-state index in [2.05, 4.69) is 0 Å². The second-order valence-electron chi connectivity index (χ2n) is 4.05. The molecule has 4 nitrogen and oxygen atoms in total. The Morgan fingerprint density at radius 2 is 1.90 bits per heavy atom. The summed E-state index contributed by atoms with van der Waals surface area (Å²) in [6.07, 6.45) is 0. The van der Waals surface area contributed by atoms with E-state index in [1.807, 2.05) is 43.3 Å². The number of esters is 1. The van der Waals surface area contributed by atoms with E-state index >= 15 is 0 Å². The number of benzene rings is 2. The number of ether oxygens (including phenoxy) is 2. The first-order chi connectivity index (χ1) is 9.69. The van der Waals surface area contributed by atoms with Crippen molar-refractivity contribution >= 4 is 17.1 Å². The van der Waals surface area contributed by atoms with Crippen LogP contribution in [0.15, 0.2) is 52.9 Å². The second kappa shape index (κ2) is 6.61. The highest BCUT2D eigenvalue weighted by atomic mass is 16.5. The largest absolute Gasteiger partial charge is 0.494 e. The predicted octanol–water partition coefficient (Wildman–Crippen LogP) is 3.88. The van der Waals surface area contributed by atoms with Crippen LogP contribution in [0, 0.1) is 0 Å². The van der Waals surface area contributed by atoms with E-state index in [1.165, 1.54) is 6.92 Å². The van der Waals surface area contributed by atoms with Crippen molar-refractivity contribution in [1.82, 2.24) is 0 Å². The molecule has 0 aliphatic carbocycles. The third kappa shape index (κ3) is 3.75. The second-order valence-corrected chi connectivity index (χ2v) is 4.05. The summed E-state index contributed by atoms with van der Waals surface area (Å²) in [5, 5.41) is 0. The van der Waals surface area contributed by atoms with Crippen molar-refractivity contribution in [2.45, 2.75) is 13.8 Å². The molecule has 20 heavy (non-hydrogen) atoms. The van der Waals surface area contributed by atoms with Gasteiger partial charge in [-0.2, -0.15) is 0 Å². The van der Waals surface area contributed by atoms with Crippen molar-refractivity contribution < 1.29 is 18.7 Å². The van der Waals surface area contributed by atoms with E-state index < -0.39 is 0 Å². The van der Waals surface area contributed by atoms with Crippen LogP contribution in [-0.4, -0.2) is 12.6 Å². The number of carbonyl (C=O) groups excluding carboxylic acids is 1. The standard InChI is InChI=1S/C8H6O3.C8H10O/c1-5(9)10-8-4-6-2-3-7(8)11-6;1-2-9-8-6-4-3-5-7-8/h2-4H,1H3;3-7H,2H2,1H3. The number of carbonyl (C=O) groups is 1. The minimum atomic E-state index is -0.325. The van der Waals surface area contributed by atoms with Gasteiger partial charge in [0.2, 0.25) is 0 Å². The molecule has 0 saturated heterocycles. The highest BCUT2D eigenvalue weighted by molar-refractivity contribution is 5.77. The fourth-order valence-corrected chi connectivity index (χ4v) is 1.68. The quantitative estimate of drug-likeness (QED) is 0.536. The summed E-state index contributed by atoms with van der Waals surface area (Å²) < 4.78 is 15.2. The van der Waals surface area contributed by atoms with Crippen molar-refractivity contribution in [2.24, 2.45) is 0 Å². The lowest BCUT2D eigenvalue weighted by Crippen LogP contribution is -2.00. The Hall–Kier alpha value is -2.49. The van der Waals surface area contributed by atoms with Gasteiger partial charge < -0.3 is 13.9 Å². The molecule has 3 aromatic rings. The van der Waals surface area contributed by atoms with E-state index in [0.29, 0.717) is 11.3 Å². The Bertz CT molecular complexity index is 642. The van der Waals surface area contributed by atoms with Gasteiger partial charge in [0.25, 0.3) is 0 Å². The average Bonchev–Trinajstić information content (AvgIpc) is 3.03. The lowest BCUT2D eigenvalue weighted by atomic mass is 10.3. The fraction of sp³-hybridized carbons (Fsp3) is 0.188. The van der Waals surface area contributed by atoms with Crippen LogP contribution in [0.4, 0.5) is 0 Å². The number of fused-ring (bicyclic) bond motifs is 2. The Labute approximate surface area is 117 Å². The van der Waals surface area contributed by atoms with Crippen LogP contribution >= 0.6 is 0 Å². The highest BCUT2D eigenvalue weighted by Gasteiger charge is 2.08. The maximum absolute atomic E-state index is 10.5. The van der Waals surface area contributed by atoms with Gasteiger partial charge in [-0.15, -0.1) is 0 Å². The molecule has 4 heteroatoms. The molecule has 3 rings (SSSR count). The lowest BCUT2D eigenvalue weighted by molar-refractivity contribution is -0.131. The molecule has 2 heterocycles. The zero-order valence-corrected chi connectivity index (χ0v) is 11.5. The van der Waals surface area contributed by atoms with Gasteiger partial charge in [-0.3, -0.25) is 4.79 Å². The van der Waals surface area contributed by atoms with E-state index in [-0.39, 0.29) is 5.97 Å². The lowest BCUT2D eigenvalue weighted by Gasteiger charge is -1.99. The molecule has 0 atom stereocenters. The van der Waals surface area contributed by atoms with E-state index in [9.17, 15) is 4.79 Å². The van der Waals surface area contributed by atoms with Gasteiger partial charge in [0, 0.05) is 13.0 Å². The van der Waals surface area contributed by atoms with Gasteiger partial charge in [0.1, 0.15) is 11.3 Å². The van der Waals surface area contributed by atoms with Crippen molar-refractivity contribution in [2.75, 3.05) is 6.61 Å². The van der Waals surface area contributed by atoms with Gasteiger partial charge >= 0.3 is 5.97 Å². The van der Waals surface area contributed by atoms with Crippen LogP contribution in [0.1, 0.15) is 13.8 Å². The van der Waals surface area contributed by atoms with Gasteiger partial charge in [-0.1, -0.05) is 18.2 Å². The number of para-hydroxylation sites is 1. The van der Waals surface area contributed by atoms with Crippen molar-refractivity contribution in [3.8, 4) is 11.5 Å². The van der Waals surface area contributed by atoms with Gasteiger partial charge in [0.15, 0.2) is 11.3 Å². The predicted molar refractivity (Wildman–Crippen MR) is 76.3 cm³/mol. The summed E-state index contributed by atoms with van der Waals surface area (Å²) >= 11 is 0. The number of rotatable bonds is 3. The molecule has 0 fully saturated rings. The van der Waals surface area contributed by atoms with Crippen LogP contribution in [0.2, 0.25) is 0 Å². The molecule has 0 saturated carbocycles. The van der Waals surface area contributed by atoms with Crippen LogP contribution in [0.3, 0.4) is 0 Å². The number of hydrogen-bond acceptors (Lipinski definition) is 4. The van der Waals surface area contributed by atoms with Crippen molar-refractivity contribution in [3.05, 3.63) is 48.5 Å². The maximum atomic E-state index is 10.5. The van der Waals surface area contributed by atoms with E-state index in [0.717, 1.165) is 17.9 Å². The van der Waals surface area contributed by atoms with Crippen molar-refractivity contribution in [3.63, 3.8) is 0 Å². The normalized spacial score (nSPS) is 9.90. The molecule has 2 aromatic heterocycles. The summed E-state index contributed by atoms with van der Waals surface area (Å²) in [5.74, 6) is 1.13. The summed E-state index contributed by atoms with van der Waals surface area (Å²) in [5.41, 5.74) is 1.35. The molecule has 2 bridgehead atoms. The van der Waals surface area contributed by atoms with Crippen LogP contribution in [0.5, 0.6) is 11.5 Å². The summed E-state index contributed by atoms with van der Waals surface area (Å²) in [6, 6.07) is 15.1. The first-order valence-electron chi connectivity index (χ1n) is 6.37. The van der Waals surface area contributed by atoms with Crippen LogP contribution in [-0.2, 0) is 4.79 Å². The SMILES string of the molecule is CC(=O)Oc1cc2ccc1o2.CCOc1ccccc1. The zero-order chi connectivity index (χ0) is 14.4. The first kappa shape index (κ1) is 13.9. The number of hydrogen-bond donors (Lipinski definition) is 0. The highest BCUT2D eigenvalue weighted by Crippen LogP contribution is 2.28. The maximum Gasteiger partial charge on any atom is 0.308 e. The minimum absolute atomic E-state index is 0.325. The Morgan fingerprint density at radius 3 is 2.40 bits per heavy atom. The summed E-state index contributed by atoms with van der Waals surface area (Å²) in [4.78, 5) is 10.5. The van der Waals surface area contributed by atoms with Gasteiger partial charge in [0.05, 0.1) is 6.61 Å². The van der Waals surface area contributed by atoms with Crippen molar-refractivity contribution in [1.29, 1.82) is 0 Å². The smallest absolute Gasteiger partial charge is 0.308 e. The third-order valence-corrected chi connectivity index (χ3v) is 2.45. The molecular weight excluding hydrogens is 256 g/mol. The van der Waals surface area contributed by atoms with Crippen LogP contribution in [0.25, 0.3) is 11.2 Å². The average molecular weight is 272 g/mol. The molecule has 0 aliphatic heterocycles. The van der Waals surface area contributed by atoms with E-state index in [4.69, 9.17) is 13.9 Å². The van der Waals surface area contributed by atoms with E-state index in [1.54, 1.807) is 12.1 Å². The Morgan fingerprint density at radius 1 is 1.15 bits per heavy atom. The monoisotopic (exact) mass is 272 g/mol. The molecular formula is C16H16O4. The van der Waals surface area contributed by atoms with Gasteiger partial charge in [-0.05, 0) is 31.2 Å². The molecule has 0 N–H and O–H groups in total. The molecule has 0 unspecified atom stereocenters. The molecule has 0 radical (unpaired) electrons. The zero-order valence-electron chi connectivity index (χ0n) is 11.5. The fourth-order valence-electron chi connectivity index (χ4n) is 1.68. The first-order valence-corrected chi connectivity index (χ1v) is 6.37. The molecule has 0 aliphatic rings. The molecule has 104 valence electrons. The molecule has 0 spiro atoms. The Balaban J connectivity index is 0.000000151. The third-order valence-electron chi connectivity index (χ3n) is 2.45. The number of furan rings is 2. The molecule has 1 aromatic carbocycles. The summed E-state index contributed by atoms with van der Waals surface area (Å²) in [7, 11) is 0. The Kier molecular flexibility index (Phi) is 4.60. The van der Waals surface area contributed by atoms with Crippen LogP contribution < -0.4 is 9.47 Å². The minimum Gasteiger partial charge on any atom is -0.494 e.